The largest absolute Gasteiger partial charge is 0.393 e. The van der Waals surface area contributed by atoms with Gasteiger partial charge in [0.1, 0.15) is 0 Å². The molecule has 0 aromatic heterocycles. The van der Waals surface area contributed by atoms with E-state index in [4.69, 9.17) is 0 Å². The minimum Gasteiger partial charge on any atom is -0.393 e. The summed E-state index contributed by atoms with van der Waals surface area (Å²) in [5.41, 5.74) is 0. The molecule has 1 amide bonds. The number of carbonyl (C=O) groups is 1. The summed E-state index contributed by atoms with van der Waals surface area (Å²) >= 11 is 0. The average Bonchev–Trinajstić information content (AvgIpc) is 2.05. The van der Waals surface area contributed by atoms with Crippen LogP contribution in [-0.2, 0) is 4.79 Å². The Labute approximate surface area is 74.4 Å². The molecule has 2 atom stereocenters. The zero-order valence-electron chi connectivity index (χ0n) is 8.37. The molecule has 3 heteroatoms. The second-order valence-electron chi connectivity index (χ2n) is 3.04. The first-order valence-electron chi connectivity index (χ1n) is 4.51. The van der Waals surface area contributed by atoms with Gasteiger partial charge in [0.2, 0.25) is 5.91 Å². The van der Waals surface area contributed by atoms with Crippen LogP contribution >= 0.6 is 0 Å². The SMILES string of the molecule is CCN(CC)C(=O)[C@@H](C)[C@H](C)O. The van der Waals surface area contributed by atoms with Crippen LogP contribution in [0.3, 0.4) is 0 Å². The smallest absolute Gasteiger partial charge is 0.227 e. The molecule has 0 aliphatic carbocycles. The first-order chi connectivity index (χ1) is 5.54. The topological polar surface area (TPSA) is 40.5 Å². The van der Waals surface area contributed by atoms with E-state index in [1.807, 2.05) is 13.8 Å². The number of hydrogen-bond acceptors (Lipinski definition) is 2. The quantitative estimate of drug-likeness (QED) is 0.685. The van der Waals surface area contributed by atoms with E-state index in [1.54, 1.807) is 18.7 Å². The number of nitrogens with zero attached hydrogens (tertiary/aromatic N) is 1. The van der Waals surface area contributed by atoms with E-state index >= 15 is 0 Å². The van der Waals surface area contributed by atoms with Crippen molar-refractivity contribution in [1.82, 2.24) is 4.90 Å². The molecule has 0 rings (SSSR count). The molecule has 1 N–H and O–H groups in total. The van der Waals surface area contributed by atoms with E-state index in [2.05, 4.69) is 0 Å². The Balaban J connectivity index is 4.16. The third kappa shape index (κ3) is 2.81. The molecule has 0 aliphatic rings. The van der Waals surface area contributed by atoms with Crippen LogP contribution in [0.1, 0.15) is 27.7 Å². The summed E-state index contributed by atoms with van der Waals surface area (Å²) in [5.74, 6) is -0.250. The van der Waals surface area contributed by atoms with Crippen molar-refractivity contribution in [2.45, 2.75) is 33.8 Å². The Morgan fingerprint density at radius 3 is 2.00 bits per heavy atom. The van der Waals surface area contributed by atoms with E-state index in [0.717, 1.165) is 0 Å². The van der Waals surface area contributed by atoms with Crippen LogP contribution in [0.4, 0.5) is 0 Å². The molecule has 0 unspecified atom stereocenters. The standard InChI is InChI=1S/C9H19NO2/c1-5-10(6-2)9(12)7(3)8(4)11/h7-8,11H,5-6H2,1-4H3/t7-,8-/m0/s1. The van der Waals surface area contributed by atoms with Crippen molar-refractivity contribution in [3.05, 3.63) is 0 Å². The lowest BCUT2D eigenvalue weighted by atomic mass is 10.1. The summed E-state index contributed by atoms with van der Waals surface area (Å²) < 4.78 is 0. The molecule has 0 aliphatic heterocycles. The van der Waals surface area contributed by atoms with Crippen molar-refractivity contribution in [3.63, 3.8) is 0 Å². The molecule has 0 bridgehead atoms. The second-order valence-corrected chi connectivity index (χ2v) is 3.04. The monoisotopic (exact) mass is 173 g/mol. The first kappa shape index (κ1) is 11.4. The maximum absolute atomic E-state index is 11.5. The average molecular weight is 173 g/mol. The fourth-order valence-corrected chi connectivity index (χ4v) is 1.03. The number of aliphatic hydroxyl groups excluding tert-OH is 1. The van der Waals surface area contributed by atoms with Crippen LogP contribution in [0.25, 0.3) is 0 Å². The predicted molar refractivity (Wildman–Crippen MR) is 48.8 cm³/mol. The maximum atomic E-state index is 11.5. The Bertz CT molecular complexity index is 137. The van der Waals surface area contributed by atoms with Gasteiger partial charge in [0.15, 0.2) is 0 Å². The molecule has 0 heterocycles. The van der Waals surface area contributed by atoms with Gasteiger partial charge in [0.05, 0.1) is 12.0 Å². The van der Waals surface area contributed by atoms with Gasteiger partial charge in [-0.3, -0.25) is 4.79 Å². The van der Waals surface area contributed by atoms with E-state index in [0.29, 0.717) is 13.1 Å². The molecule has 72 valence electrons. The van der Waals surface area contributed by atoms with Crippen molar-refractivity contribution >= 4 is 5.91 Å². The number of hydrogen-bond donors (Lipinski definition) is 1. The number of rotatable bonds is 4. The van der Waals surface area contributed by atoms with Gasteiger partial charge in [0, 0.05) is 13.1 Å². The van der Waals surface area contributed by atoms with Gasteiger partial charge in [-0.1, -0.05) is 6.92 Å². The van der Waals surface area contributed by atoms with Crippen molar-refractivity contribution in [2.75, 3.05) is 13.1 Å². The fraction of sp³-hybridized carbons (Fsp3) is 0.889. The molecule has 0 radical (unpaired) electrons. The highest BCUT2D eigenvalue weighted by molar-refractivity contribution is 5.78. The zero-order chi connectivity index (χ0) is 9.72. The van der Waals surface area contributed by atoms with Crippen LogP contribution in [-0.4, -0.2) is 35.1 Å². The molecule has 3 nitrogen and oxygen atoms in total. The van der Waals surface area contributed by atoms with Gasteiger partial charge in [0.25, 0.3) is 0 Å². The van der Waals surface area contributed by atoms with Gasteiger partial charge < -0.3 is 10.0 Å². The van der Waals surface area contributed by atoms with Gasteiger partial charge >= 0.3 is 0 Å². The van der Waals surface area contributed by atoms with E-state index in [9.17, 15) is 9.90 Å². The van der Waals surface area contributed by atoms with Gasteiger partial charge in [-0.25, -0.2) is 0 Å². The second kappa shape index (κ2) is 5.14. The highest BCUT2D eigenvalue weighted by atomic mass is 16.3. The lowest BCUT2D eigenvalue weighted by Crippen LogP contribution is -2.38. The Hall–Kier alpha value is -0.570. The summed E-state index contributed by atoms with van der Waals surface area (Å²) in [7, 11) is 0. The summed E-state index contributed by atoms with van der Waals surface area (Å²) in [4.78, 5) is 13.2. The van der Waals surface area contributed by atoms with Crippen molar-refractivity contribution in [1.29, 1.82) is 0 Å². The fourth-order valence-electron chi connectivity index (χ4n) is 1.03. The number of aliphatic hydroxyl groups is 1. The highest BCUT2D eigenvalue weighted by Gasteiger charge is 2.21. The molecule has 0 fully saturated rings. The molecule has 0 saturated heterocycles. The number of amides is 1. The first-order valence-corrected chi connectivity index (χ1v) is 4.51. The molecular formula is C9H19NO2. The summed E-state index contributed by atoms with van der Waals surface area (Å²) in [6, 6.07) is 0. The van der Waals surface area contributed by atoms with E-state index in [-0.39, 0.29) is 11.8 Å². The van der Waals surface area contributed by atoms with Crippen LogP contribution in [0, 0.1) is 5.92 Å². The molecule has 0 spiro atoms. The van der Waals surface area contributed by atoms with Gasteiger partial charge in [-0.2, -0.15) is 0 Å². The third-order valence-electron chi connectivity index (χ3n) is 2.19. The summed E-state index contributed by atoms with van der Waals surface area (Å²) in [5, 5.41) is 9.18. The van der Waals surface area contributed by atoms with Crippen LogP contribution in [0.2, 0.25) is 0 Å². The summed E-state index contributed by atoms with van der Waals surface area (Å²) in [6.45, 7) is 8.71. The minimum atomic E-state index is -0.557. The number of carbonyl (C=O) groups excluding carboxylic acids is 1. The lowest BCUT2D eigenvalue weighted by molar-refractivity contribution is -0.137. The van der Waals surface area contributed by atoms with Crippen molar-refractivity contribution < 1.29 is 9.90 Å². The van der Waals surface area contributed by atoms with Gasteiger partial charge in [-0.05, 0) is 20.8 Å². The minimum absolute atomic E-state index is 0.0370. The maximum Gasteiger partial charge on any atom is 0.227 e. The zero-order valence-corrected chi connectivity index (χ0v) is 8.37. The Morgan fingerprint density at radius 1 is 1.33 bits per heavy atom. The van der Waals surface area contributed by atoms with Crippen molar-refractivity contribution in [2.24, 2.45) is 5.92 Å². The third-order valence-corrected chi connectivity index (χ3v) is 2.19. The summed E-state index contributed by atoms with van der Waals surface area (Å²) in [6.07, 6.45) is -0.557. The molecule has 12 heavy (non-hydrogen) atoms. The molecule has 0 saturated carbocycles. The molecule has 0 aromatic rings. The van der Waals surface area contributed by atoms with E-state index < -0.39 is 6.10 Å². The van der Waals surface area contributed by atoms with Gasteiger partial charge in [-0.15, -0.1) is 0 Å². The van der Waals surface area contributed by atoms with Crippen LogP contribution in [0.5, 0.6) is 0 Å². The molecule has 0 aromatic carbocycles. The van der Waals surface area contributed by atoms with E-state index in [1.165, 1.54) is 0 Å². The Morgan fingerprint density at radius 2 is 1.75 bits per heavy atom. The van der Waals surface area contributed by atoms with Crippen LogP contribution in [0.15, 0.2) is 0 Å². The van der Waals surface area contributed by atoms with Crippen LogP contribution < -0.4 is 0 Å². The van der Waals surface area contributed by atoms with Crippen molar-refractivity contribution in [3.8, 4) is 0 Å². The normalized spacial score (nSPS) is 15.4. The Kier molecular flexibility index (Phi) is 4.90. The molecular weight excluding hydrogens is 154 g/mol. The predicted octanol–water partition coefficient (Wildman–Crippen LogP) is 0.872. The highest BCUT2D eigenvalue weighted by Crippen LogP contribution is 2.06. The lowest BCUT2D eigenvalue weighted by Gasteiger charge is -2.24.